The highest BCUT2D eigenvalue weighted by Gasteiger charge is 2.32. The van der Waals surface area contributed by atoms with Crippen molar-refractivity contribution in [1.82, 2.24) is 15.2 Å². The third-order valence-electron chi connectivity index (χ3n) is 3.99. The Bertz CT molecular complexity index is 844. The summed E-state index contributed by atoms with van der Waals surface area (Å²) in [4.78, 5) is 19.4. The van der Waals surface area contributed by atoms with Crippen LogP contribution in [0.3, 0.4) is 0 Å². The average molecular weight is 339 g/mol. The predicted octanol–water partition coefficient (Wildman–Crippen LogP) is 3.27. The molecule has 0 saturated carbocycles. The van der Waals surface area contributed by atoms with Gasteiger partial charge in [-0.1, -0.05) is 24.3 Å². The van der Waals surface area contributed by atoms with Gasteiger partial charge in [0.05, 0.1) is 25.2 Å². The summed E-state index contributed by atoms with van der Waals surface area (Å²) in [5.41, 5.74) is 0.917. The number of para-hydroxylation sites is 1. The van der Waals surface area contributed by atoms with Crippen molar-refractivity contribution in [3.05, 3.63) is 58.8 Å². The summed E-state index contributed by atoms with van der Waals surface area (Å²) in [6, 6.07) is 15.8. The number of thiophene rings is 1. The van der Waals surface area contributed by atoms with E-state index in [4.69, 9.17) is 4.74 Å². The second-order valence-electron chi connectivity index (χ2n) is 5.73. The summed E-state index contributed by atoms with van der Waals surface area (Å²) in [6.45, 7) is 1.75. The van der Waals surface area contributed by atoms with Crippen molar-refractivity contribution < 1.29 is 9.53 Å². The molecule has 3 heterocycles. The van der Waals surface area contributed by atoms with Crippen LogP contribution in [0.5, 0.6) is 5.88 Å². The molecule has 2 amide bonds. The van der Waals surface area contributed by atoms with E-state index < -0.39 is 0 Å². The maximum atomic E-state index is 12.0. The summed E-state index contributed by atoms with van der Waals surface area (Å²) >= 11 is 1.64. The minimum atomic E-state index is -0.0466. The van der Waals surface area contributed by atoms with Gasteiger partial charge in [0.2, 0.25) is 5.88 Å². The summed E-state index contributed by atoms with van der Waals surface area (Å²) in [5, 5.41) is 6.02. The number of pyridine rings is 1. The van der Waals surface area contributed by atoms with Gasteiger partial charge in [-0.2, -0.15) is 0 Å². The largest absolute Gasteiger partial charge is 0.471 e. The standard InChI is InChI=1S/C18H17N3O2S/c22-18(19-10-15-5-3-9-24-15)21-11-14(12-21)23-17-8-7-13-4-1-2-6-16(13)20-17/h1-9,14H,10-12H2,(H,19,22). The number of nitrogens with one attached hydrogen (secondary N) is 1. The van der Waals surface area contributed by atoms with Gasteiger partial charge in [0.25, 0.3) is 0 Å². The van der Waals surface area contributed by atoms with Crippen LogP contribution in [0.15, 0.2) is 53.9 Å². The first kappa shape index (κ1) is 15.0. The van der Waals surface area contributed by atoms with Crippen LogP contribution in [0.4, 0.5) is 4.79 Å². The summed E-state index contributed by atoms with van der Waals surface area (Å²) < 4.78 is 5.86. The number of aromatic nitrogens is 1. The summed E-state index contributed by atoms with van der Waals surface area (Å²) in [5.74, 6) is 0.609. The zero-order chi connectivity index (χ0) is 16.4. The van der Waals surface area contributed by atoms with Crippen molar-refractivity contribution in [2.24, 2.45) is 0 Å². The molecule has 122 valence electrons. The fourth-order valence-corrected chi connectivity index (χ4v) is 3.29. The molecule has 1 aliphatic rings. The molecule has 0 bridgehead atoms. The molecule has 0 aliphatic carbocycles. The number of amides is 2. The number of urea groups is 1. The number of hydrogen-bond acceptors (Lipinski definition) is 4. The van der Waals surface area contributed by atoms with Crippen LogP contribution in [-0.4, -0.2) is 35.1 Å². The van der Waals surface area contributed by atoms with E-state index in [1.807, 2.05) is 53.9 Å². The van der Waals surface area contributed by atoms with Crippen molar-refractivity contribution in [3.8, 4) is 5.88 Å². The van der Waals surface area contributed by atoms with Gasteiger partial charge in [-0.05, 0) is 23.6 Å². The van der Waals surface area contributed by atoms with Gasteiger partial charge in [0, 0.05) is 16.3 Å². The number of benzene rings is 1. The number of carbonyl (C=O) groups excluding carboxylic acids is 1. The number of rotatable bonds is 4. The fraction of sp³-hybridized carbons (Fsp3) is 0.222. The highest BCUT2D eigenvalue weighted by molar-refractivity contribution is 7.09. The van der Waals surface area contributed by atoms with Crippen molar-refractivity contribution >= 4 is 28.3 Å². The zero-order valence-electron chi connectivity index (χ0n) is 13.0. The molecule has 5 nitrogen and oxygen atoms in total. The number of nitrogens with zero attached hydrogens (tertiary/aromatic N) is 2. The monoisotopic (exact) mass is 339 g/mol. The molecule has 0 unspecified atom stereocenters. The van der Waals surface area contributed by atoms with Gasteiger partial charge in [-0.15, -0.1) is 11.3 Å². The predicted molar refractivity (Wildman–Crippen MR) is 94.3 cm³/mol. The second kappa shape index (κ2) is 6.49. The Hall–Kier alpha value is -2.60. The molecule has 1 aliphatic heterocycles. The van der Waals surface area contributed by atoms with Gasteiger partial charge in [-0.3, -0.25) is 0 Å². The normalized spacial score (nSPS) is 14.4. The first-order valence-corrected chi connectivity index (χ1v) is 8.73. The summed E-state index contributed by atoms with van der Waals surface area (Å²) in [6.07, 6.45) is 0.00569. The molecule has 3 aromatic rings. The zero-order valence-corrected chi connectivity index (χ0v) is 13.8. The minimum Gasteiger partial charge on any atom is -0.471 e. The SMILES string of the molecule is O=C(NCc1cccs1)N1CC(Oc2ccc3ccccc3n2)C1. The van der Waals surface area contributed by atoms with Gasteiger partial charge in [0.15, 0.2) is 0 Å². The van der Waals surface area contributed by atoms with Gasteiger partial charge in [-0.25, -0.2) is 9.78 Å². The van der Waals surface area contributed by atoms with Crippen LogP contribution in [-0.2, 0) is 6.54 Å². The molecule has 2 aromatic heterocycles. The highest BCUT2D eigenvalue weighted by atomic mass is 32.1. The molecule has 0 radical (unpaired) electrons. The van der Waals surface area contributed by atoms with E-state index in [9.17, 15) is 4.79 Å². The number of fused-ring (bicyclic) bond motifs is 1. The van der Waals surface area contributed by atoms with E-state index in [1.54, 1.807) is 16.2 Å². The van der Waals surface area contributed by atoms with Crippen molar-refractivity contribution in [1.29, 1.82) is 0 Å². The molecule has 1 fully saturated rings. The molecule has 6 heteroatoms. The lowest BCUT2D eigenvalue weighted by Gasteiger charge is -2.38. The minimum absolute atomic E-state index is 0.00569. The maximum Gasteiger partial charge on any atom is 0.317 e. The van der Waals surface area contributed by atoms with Crippen molar-refractivity contribution in [2.45, 2.75) is 12.6 Å². The molecule has 24 heavy (non-hydrogen) atoms. The molecule has 1 aromatic carbocycles. The first-order chi connectivity index (χ1) is 11.8. The Kier molecular flexibility index (Phi) is 4.04. The van der Waals surface area contributed by atoms with E-state index in [0.717, 1.165) is 15.8 Å². The number of hydrogen-bond donors (Lipinski definition) is 1. The molecule has 0 atom stereocenters. The Morgan fingerprint density at radius 1 is 1.21 bits per heavy atom. The fourth-order valence-electron chi connectivity index (χ4n) is 2.65. The van der Waals surface area contributed by atoms with E-state index in [1.165, 1.54) is 0 Å². The van der Waals surface area contributed by atoms with Gasteiger partial charge in [0.1, 0.15) is 6.10 Å². The van der Waals surface area contributed by atoms with Crippen LogP contribution in [0, 0.1) is 0 Å². The average Bonchev–Trinajstić information content (AvgIpc) is 3.09. The lowest BCUT2D eigenvalue weighted by molar-refractivity contribution is 0.0415. The molecular weight excluding hydrogens is 322 g/mol. The van der Waals surface area contributed by atoms with Crippen LogP contribution >= 0.6 is 11.3 Å². The van der Waals surface area contributed by atoms with E-state index >= 15 is 0 Å². The van der Waals surface area contributed by atoms with E-state index in [2.05, 4.69) is 10.3 Å². The van der Waals surface area contributed by atoms with Crippen molar-refractivity contribution in [3.63, 3.8) is 0 Å². The molecule has 1 saturated heterocycles. The quantitative estimate of drug-likeness (QED) is 0.794. The first-order valence-electron chi connectivity index (χ1n) is 7.85. The van der Waals surface area contributed by atoms with Crippen LogP contribution in [0.25, 0.3) is 10.9 Å². The Morgan fingerprint density at radius 3 is 2.92 bits per heavy atom. The van der Waals surface area contributed by atoms with Gasteiger partial charge >= 0.3 is 6.03 Å². The Morgan fingerprint density at radius 2 is 2.08 bits per heavy atom. The lowest BCUT2D eigenvalue weighted by atomic mass is 10.2. The maximum absolute atomic E-state index is 12.0. The Labute approximate surface area is 143 Å². The molecule has 4 rings (SSSR count). The van der Waals surface area contributed by atoms with Crippen molar-refractivity contribution in [2.75, 3.05) is 13.1 Å². The molecule has 0 spiro atoms. The number of ether oxygens (including phenoxy) is 1. The smallest absolute Gasteiger partial charge is 0.317 e. The lowest BCUT2D eigenvalue weighted by Crippen LogP contribution is -2.58. The summed E-state index contributed by atoms with van der Waals surface area (Å²) in [7, 11) is 0. The topological polar surface area (TPSA) is 54.5 Å². The van der Waals surface area contributed by atoms with Crippen LogP contribution in [0.1, 0.15) is 4.88 Å². The Balaban J connectivity index is 1.28. The second-order valence-corrected chi connectivity index (χ2v) is 6.76. The van der Waals surface area contributed by atoms with Gasteiger partial charge < -0.3 is 15.0 Å². The van der Waals surface area contributed by atoms with E-state index in [-0.39, 0.29) is 12.1 Å². The van der Waals surface area contributed by atoms with Crippen LogP contribution < -0.4 is 10.1 Å². The third-order valence-corrected chi connectivity index (χ3v) is 4.87. The van der Waals surface area contributed by atoms with Crippen LogP contribution in [0.2, 0.25) is 0 Å². The molecule has 1 N–H and O–H groups in total. The molecular formula is C18H17N3O2S. The van der Waals surface area contributed by atoms with E-state index in [0.29, 0.717) is 25.5 Å². The number of likely N-dealkylation sites (tertiary alicyclic amines) is 1. The highest BCUT2D eigenvalue weighted by Crippen LogP contribution is 2.20. The third kappa shape index (κ3) is 3.19. The number of carbonyl (C=O) groups is 1.